The summed E-state index contributed by atoms with van der Waals surface area (Å²) in [6.45, 7) is 4.61. The molecule has 5 nitrogen and oxygen atoms in total. The number of amidine groups is 1. The lowest BCUT2D eigenvalue weighted by Crippen LogP contribution is -2.24. The molecule has 104 valence electrons. The van der Waals surface area contributed by atoms with E-state index in [2.05, 4.69) is 10.1 Å². The standard InChI is InChI=1S/C14H21N3O2/c1-10(18)13-5-6-17(9-13)8-11-3-2-4-12(7-11)14(15)16-19/h2-4,7,10,13,18-19H,5-6,8-9H2,1H3,(H2,15,16). The van der Waals surface area contributed by atoms with Crippen molar-refractivity contribution in [2.75, 3.05) is 13.1 Å². The van der Waals surface area contributed by atoms with Crippen LogP contribution in [0.3, 0.4) is 0 Å². The average Bonchev–Trinajstić information content (AvgIpc) is 2.87. The monoisotopic (exact) mass is 263 g/mol. The van der Waals surface area contributed by atoms with Gasteiger partial charge in [-0.25, -0.2) is 0 Å². The third-order valence-electron chi connectivity index (χ3n) is 3.73. The van der Waals surface area contributed by atoms with E-state index in [1.807, 2.05) is 31.2 Å². The first-order valence-corrected chi connectivity index (χ1v) is 6.57. The van der Waals surface area contributed by atoms with E-state index in [9.17, 15) is 5.11 Å². The number of hydrogen-bond donors (Lipinski definition) is 3. The van der Waals surface area contributed by atoms with Crippen molar-refractivity contribution < 1.29 is 10.3 Å². The van der Waals surface area contributed by atoms with Crippen molar-refractivity contribution in [3.8, 4) is 0 Å². The molecule has 0 radical (unpaired) electrons. The molecule has 0 amide bonds. The van der Waals surface area contributed by atoms with Crippen LogP contribution in [0.2, 0.25) is 0 Å². The van der Waals surface area contributed by atoms with Crippen LogP contribution in [0.5, 0.6) is 0 Å². The Bertz CT molecular complexity index is 460. The van der Waals surface area contributed by atoms with E-state index in [4.69, 9.17) is 10.9 Å². The third-order valence-corrected chi connectivity index (χ3v) is 3.73. The van der Waals surface area contributed by atoms with E-state index in [0.717, 1.165) is 37.2 Å². The summed E-state index contributed by atoms with van der Waals surface area (Å²) >= 11 is 0. The van der Waals surface area contributed by atoms with Crippen molar-refractivity contribution in [3.63, 3.8) is 0 Å². The number of hydrogen-bond acceptors (Lipinski definition) is 4. The molecular weight excluding hydrogens is 242 g/mol. The number of aliphatic hydroxyl groups is 1. The van der Waals surface area contributed by atoms with E-state index >= 15 is 0 Å². The zero-order valence-corrected chi connectivity index (χ0v) is 11.2. The van der Waals surface area contributed by atoms with Gasteiger partial charge in [0.2, 0.25) is 0 Å². The highest BCUT2D eigenvalue weighted by atomic mass is 16.4. The van der Waals surface area contributed by atoms with Crippen LogP contribution >= 0.6 is 0 Å². The van der Waals surface area contributed by atoms with Crippen LogP contribution in [0.1, 0.15) is 24.5 Å². The van der Waals surface area contributed by atoms with Gasteiger partial charge in [0.25, 0.3) is 0 Å². The molecule has 4 N–H and O–H groups in total. The van der Waals surface area contributed by atoms with Crippen LogP contribution in [0.4, 0.5) is 0 Å². The molecule has 1 heterocycles. The number of nitrogens with zero attached hydrogens (tertiary/aromatic N) is 2. The minimum atomic E-state index is -0.242. The van der Waals surface area contributed by atoms with Crippen LogP contribution in [0, 0.1) is 5.92 Å². The summed E-state index contributed by atoms with van der Waals surface area (Å²) in [7, 11) is 0. The number of benzene rings is 1. The molecule has 2 unspecified atom stereocenters. The van der Waals surface area contributed by atoms with E-state index in [1.54, 1.807) is 0 Å². The van der Waals surface area contributed by atoms with Gasteiger partial charge in [0.05, 0.1) is 6.10 Å². The Balaban J connectivity index is 2.00. The van der Waals surface area contributed by atoms with Crippen molar-refractivity contribution in [2.45, 2.75) is 26.0 Å². The zero-order valence-electron chi connectivity index (χ0n) is 11.2. The molecule has 0 spiro atoms. The molecule has 5 heteroatoms. The highest BCUT2D eigenvalue weighted by molar-refractivity contribution is 5.97. The first-order valence-electron chi connectivity index (χ1n) is 6.57. The fourth-order valence-electron chi connectivity index (χ4n) is 2.54. The highest BCUT2D eigenvalue weighted by Crippen LogP contribution is 2.21. The van der Waals surface area contributed by atoms with Crippen molar-refractivity contribution in [2.24, 2.45) is 16.8 Å². The Morgan fingerprint density at radius 1 is 1.58 bits per heavy atom. The maximum Gasteiger partial charge on any atom is 0.170 e. The van der Waals surface area contributed by atoms with Gasteiger partial charge in [0, 0.05) is 18.7 Å². The van der Waals surface area contributed by atoms with E-state index in [1.165, 1.54) is 0 Å². The first-order chi connectivity index (χ1) is 9.10. The summed E-state index contributed by atoms with van der Waals surface area (Å²) in [6, 6.07) is 7.70. The van der Waals surface area contributed by atoms with E-state index in [-0.39, 0.29) is 11.9 Å². The van der Waals surface area contributed by atoms with E-state index < -0.39 is 0 Å². The topological polar surface area (TPSA) is 82.1 Å². The van der Waals surface area contributed by atoms with Gasteiger partial charge in [0.15, 0.2) is 5.84 Å². The minimum absolute atomic E-state index is 0.130. The summed E-state index contributed by atoms with van der Waals surface area (Å²) in [5.41, 5.74) is 7.45. The van der Waals surface area contributed by atoms with Gasteiger partial charge in [-0.2, -0.15) is 0 Å². The fraction of sp³-hybridized carbons (Fsp3) is 0.500. The predicted octanol–water partition coefficient (Wildman–Crippen LogP) is 0.984. The number of aliphatic hydroxyl groups excluding tert-OH is 1. The Morgan fingerprint density at radius 3 is 3.00 bits per heavy atom. The average molecular weight is 263 g/mol. The Kier molecular flexibility index (Phi) is 4.39. The molecule has 1 aromatic rings. The number of nitrogens with two attached hydrogens (primary N) is 1. The summed E-state index contributed by atoms with van der Waals surface area (Å²) in [5, 5.41) is 21.3. The van der Waals surface area contributed by atoms with E-state index in [0.29, 0.717) is 5.92 Å². The molecule has 2 atom stereocenters. The molecule has 1 aromatic carbocycles. The van der Waals surface area contributed by atoms with Crippen molar-refractivity contribution >= 4 is 5.84 Å². The van der Waals surface area contributed by atoms with Crippen LogP contribution in [0.15, 0.2) is 29.4 Å². The Morgan fingerprint density at radius 2 is 2.37 bits per heavy atom. The van der Waals surface area contributed by atoms with Gasteiger partial charge >= 0.3 is 0 Å². The molecule has 19 heavy (non-hydrogen) atoms. The number of likely N-dealkylation sites (tertiary alicyclic amines) is 1. The lowest BCUT2D eigenvalue weighted by molar-refractivity contribution is 0.127. The third kappa shape index (κ3) is 3.45. The van der Waals surface area contributed by atoms with Gasteiger partial charge in [-0.15, -0.1) is 0 Å². The lowest BCUT2D eigenvalue weighted by Gasteiger charge is -2.17. The smallest absolute Gasteiger partial charge is 0.170 e. The van der Waals surface area contributed by atoms with Crippen molar-refractivity contribution in [1.82, 2.24) is 4.90 Å². The molecule has 1 fully saturated rings. The molecule has 0 aromatic heterocycles. The molecule has 0 saturated carbocycles. The quantitative estimate of drug-likeness (QED) is 0.327. The second-order valence-electron chi connectivity index (χ2n) is 5.21. The zero-order chi connectivity index (χ0) is 13.8. The van der Waals surface area contributed by atoms with Crippen LogP contribution < -0.4 is 5.73 Å². The van der Waals surface area contributed by atoms with Gasteiger partial charge in [-0.1, -0.05) is 23.4 Å². The summed E-state index contributed by atoms with van der Waals surface area (Å²) in [6.07, 6.45) is 0.797. The summed E-state index contributed by atoms with van der Waals surface area (Å²) in [5.74, 6) is 0.498. The van der Waals surface area contributed by atoms with Gasteiger partial charge in [-0.05, 0) is 37.4 Å². The fourth-order valence-corrected chi connectivity index (χ4v) is 2.54. The van der Waals surface area contributed by atoms with Crippen molar-refractivity contribution in [1.29, 1.82) is 0 Å². The molecule has 0 bridgehead atoms. The molecular formula is C14H21N3O2. The molecule has 1 aliphatic heterocycles. The second-order valence-corrected chi connectivity index (χ2v) is 5.21. The molecule has 2 rings (SSSR count). The van der Waals surface area contributed by atoms with Crippen LogP contribution in [-0.2, 0) is 6.54 Å². The van der Waals surface area contributed by atoms with Crippen molar-refractivity contribution in [3.05, 3.63) is 35.4 Å². The molecule has 1 saturated heterocycles. The largest absolute Gasteiger partial charge is 0.409 e. The second kappa shape index (κ2) is 6.04. The van der Waals surface area contributed by atoms with Gasteiger partial charge in [-0.3, -0.25) is 4.90 Å². The van der Waals surface area contributed by atoms with Crippen LogP contribution in [-0.4, -0.2) is 40.2 Å². The molecule has 1 aliphatic rings. The predicted molar refractivity (Wildman–Crippen MR) is 74.0 cm³/mol. The highest BCUT2D eigenvalue weighted by Gasteiger charge is 2.25. The first kappa shape index (κ1) is 13.8. The normalized spacial score (nSPS) is 22.6. The maximum atomic E-state index is 9.60. The Hall–Kier alpha value is -1.59. The van der Waals surface area contributed by atoms with Crippen LogP contribution in [0.25, 0.3) is 0 Å². The van der Waals surface area contributed by atoms with Gasteiger partial charge in [0.1, 0.15) is 0 Å². The summed E-state index contributed by atoms with van der Waals surface area (Å²) < 4.78 is 0. The van der Waals surface area contributed by atoms with Gasteiger partial charge < -0.3 is 16.0 Å². The SMILES string of the molecule is CC(O)C1CCN(Cc2cccc(/C(N)=N/O)c2)C1. The summed E-state index contributed by atoms with van der Waals surface area (Å²) in [4.78, 5) is 2.32. The number of rotatable bonds is 4. The number of oxime groups is 1. The lowest BCUT2D eigenvalue weighted by atomic mass is 10.0. The maximum absolute atomic E-state index is 9.60. The molecule has 0 aliphatic carbocycles. The Labute approximate surface area is 113 Å². The minimum Gasteiger partial charge on any atom is -0.409 e.